The van der Waals surface area contributed by atoms with Gasteiger partial charge in [-0.15, -0.1) is 11.3 Å². The summed E-state index contributed by atoms with van der Waals surface area (Å²) in [4.78, 5) is 11.1. The fourth-order valence-electron chi connectivity index (χ4n) is 1.70. The van der Waals surface area contributed by atoms with Crippen LogP contribution in [-0.2, 0) is 14.8 Å². The number of nitrogens with one attached hydrogen (secondary N) is 2. The summed E-state index contributed by atoms with van der Waals surface area (Å²) < 4.78 is 32.5. The van der Waals surface area contributed by atoms with Crippen LogP contribution in [0.4, 0.5) is 11.4 Å². The standard InChI is InChI=1S/C13H13ClN2O4S2/c1-8(17)15-10-4-3-9(7-11(10)20-2)16-22(18,19)13-6-5-12(14)21-13/h3-7,16H,1-2H3,(H,15,17). The van der Waals surface area contributed by atoms with Crippen molar-refractivity contribution in [1.82, 2.24) is 0 Å². The van der Waals surface area contributed by atoms with E-state index in [1.54, 1.807) is 6.07 Å². The molecule has 1 aromatic carbocycles. The zero-order valence-electron chi connectivity index (χ0n) is 11.7. The predicted octanol–water partition coefficient (Wildman–Crippen LogP) is 3.17. The molecular weight excluding hydrogens is 348 g/mol. The lowest BCUT2D eigenvalue weighted by atomic mass is 10.2. The zero-order valence-corrected chi connectivity index (χ0v) is 14.1. The number of hydrogen-bond acceptors (Lipinski definition) is 5. The molecule has 22 heavy (non-hydrogen) atoms. The van der Waals surface area contributed by atoms with Crippen LogP contribution in [-0.4, -0.2) is 21.4 Å². The summed E-state index contributed by atoms with van der Waals surface area (Å²) in [7, 11) is -2.28. The Morgan fingerprint density at radius 1 is 1.27 bits per heavy atom. The van der Waals surface area contributed by atoms with E-state index in [1.807, 2.05) is 0 Å². The largest absolute Gasteiger partial charge is 0.494 e. The molecule has 0 fully saturated rings. The third kappa shape index (κ3) is 3.90. The number of benzene rings is 1. The molecule has 0 saturated heterocycles. The second-order valence-electron chi connectivity index (χ2n) is 4.26. The molecule has 0 spiro atoms. The highest BCUT2D eigenvalue weighted by Crippen LogP contribution is 2.31. The van der Waals surface area contributed by atoms with Crippen molar-refractivity contribution in [3.63, 3.8) is 0 Å². The summed E-state index contributed by atoms with van der Waals surface area (Å²) >= 11 is 6.71. The number of sulfonamides is 1. The third-order valence-electron chi connectivity index (χ3n) is 2.58. The lowest BCUT2D eigenvalue weighted by Gasteiger charge is -2.12. The molecule has 0 unspecified atom stereocenters. The molecule has 0 aliphatic heterocycles. The molecule has 118 valence electrons. The number of methoxy groups -OCH3 is 1. The maximum atomic E-state index is 12.2. The van der Waals surface area contributed by atoms with Crippen molar-refractivity contribution < 1.29 is 17.9 Å². The number of amides is 1. The van der Waals surface area contributed by atoms with E-state index in [2.05, 4.69) is 10.0 Å². The lowest BCUT2D eigenvalue weighted by molar-refractivity contribution is -0.114. The number of thiophene rings is 1. The van der Waals surface area contributed by atoms with Gasteiger partial charge >= 0.3 is 0 Å². The van der Waals surface area contributed by atoms with Gasteiger partial charge in [0.25, 0.3) is 10.0 Å². The van der Waals surface area contributed by atoms with Crippen LogP contribution >= 0.6 is 22.9 Å². The van der Waals surface area contributed by atoms with Gasteiger partial charge in [-0.05, 0) is 24.3 Å². The predicted molar refractivity (Wildman–Crippen MR) is 87.4 cm³/mol. The molecule has 1 aromatic heterocycles. The van der Waals surface area contributed by atoms with Crippen LogP contribution < -0.4 is 14.8 Å². The summed E-state index contributed by atoms with van der Waals surface area (Å²) in [6.45, 7) is 1.37. The molecule has 2 N–H and O–H groups in total. The van der Waals surface area contributed by atoms with Gasteiger partial charge in [-0.2, -0.15) is 0 Å². The zero-order chi connectivity index (χ0) is 16.3. The molecule has 2 aromatic rings. The fourth-order valence-corrected chi connectivity index (χ4v) is 4.23. The smallest absolute Gasteiger partial charge is 0.271 e. The minimum atomic E-state index is -3.71. The Morgan fingerprint density at radius 3 is 2.55 bits per heavy atom. The van der Waals surface area contributed by atoms with Gasteiger partial charge in [0.05, 0.1) is 22.8 Å². The number of halogens is 1. The van der Waals surface area contributed by atoms with Gasteiger partial charge in [0, 0.05) is 13.0 Å². The molecule has 9 heteroatoms. The fraction of sp³-hybridized carbons (Fsp3) is 0.154. The quantitative estimate of drug-likeness (QED) is 0.857. The van der Waals surface area contributed by atoms with E-state index in [0.29, 0.717) is 21.5 Å². The van der Waals surface area contributed by atoms with Gasteiger partial charge in [0.15, 0.2) is 0 Å². The number of rotatable bonds is 5. The second kappa shape index (κ2) is 6.55. The van der Waals surface area contributed by atoms with Gasteiger partial charge in [0.2, 0.25) is 5.91 Å². The first-order valence-corrected chi connectivity index (χ1v) is 8.73. The van der Waals surface area contributed by atoms with Crippen LogP contribution in [0.2, 0.25) is 4.34 Å². The van der Waals surface area contributed by atoms with Crippen molar-refractivity contribution in [2.24, 2.45) is 0 Å². The molecule has 0 saturated carbocycles. The molecule has 0 atom stereocenters. The van der Waals surface area contributed by atoms with Crippen LogP contribution in [0.25, 0.3) is 0 Å². The Labute approximate surface area is 137 Å². The summed E-state index contributed by atoms with van der Waals surface area (Å²) in [5.74, 6) is 0.0967. The number of anilines is 2. The van der Waals surface area contributed by atoms with Crippen LogP contribution in [0.1, 0.15) is 6.92 Å². The molecule has 0 radical (unpaired) electrons. The van der Waals surface area contributed by atoms with Crippen molar-refractivity contribution >= 4 is 50.2 Å². The minimum Gasteiger partial charge on any atom is -0.494 e. The number of carbonyl (C=O) groups excluding carboxylic acids is 1. The van der Waals surface area contributed by atoms with Crippen molar-refractivity contribution in [2.45, 2.75) is 11.1 Å². The van der Waals surface area contributed by atoms with E-state index in [0.717, 1.165) is 11.3 Å². The van der Waals surface area contributed by atoms with E-state index >= 15 is 0 Å². The first-order chi connectivity index (χ1) is 10.3. The first-order valence-electron chi connectivity index (χ1n) is 6.05. The molecule has 2 rings (SSSR count). The lowest BCUT2D eigenvalue weighted by Crippen LogP contribution is -2.12. The summed E-state index contributed by atoms with van der Waals surface area (Å²) in [5.41, 5.74) is 0.771. The molecule has 0 aliphatic rings. The van der Waals surface area contributed by atoms with Crippen molar-refractivity contribution in [2.75, 3.05) is 17.1 Å². The molecule has 1 amide bonds. The third-order valence-corrected chi connectivity index (χ3v) is 5.68. The average Bonchev–Trinajstić information content (AvgIpc) is 2.87. The van der Waals surface area contributed by atoms with Crippen LogP contribution in [0.15, 0.2) is 34.5 Å². The van der Waals surface area contributed by atoms with Crippen molar-refractivity contribution in [1.29, 1.82) is 0 Å². The van der Waals surface area contributed by atoms with Crippen molar-refractivity contribution in [3.8, 4) is 5.75 Å². The van der Waals surface area contributed by atoms with Crippen molar-refractivity contribution in [3.05, 3.63) is 34.7 Å². The van der Waals surface area contributed by atoms with E-state index in [4.69, 9.17) is 16.3 Å². The minimum absolute atomic E-state index is 0.113. The van der Waals surface area contributed by atoms with Crippen LogP contribution in [0, 0.1) is 0 Å². The molecule has 0 bridgehead atoms. The number of carbonyl (C=O) groups is 1. The second-order valence-corrected chi connectivity index (χ2v) is 7.88. The monoisotopic (exact) mass is 360 g/mol. The van der Waals surface area contributed by atoms with Crippen LogP contribution in [0.5, 0.6) is 5.75 Å². The maximum Gasteiger partial charge on any atom is 0.271 e. The summed E-state index contributed by atoms with van der Waals surface area (Å²) in [5, 5.41) is 2.59. The van der Waals surface area contributed by atoms with Gasteiger partial charge in [-0.3, -0.25) is 9.52 Å². The highest BCUT2D eigenvalue weighted by Gasteiger charge is 2.17. The van der Waals surface area contributed by atoms with Gasteiger partial charge in [-0.1, -0.05) is 11.6 Å². The SMILES string of the molecule is COc1cc(NS(=O)(=O)c2ccc(Cl)s2)ccc1NC(C)=O. The molecule has 6 nitrogen and oxygen atoms in total. The van der Waals surface area contributed by atoms with Gasteiger partial charge in [-0.25, -0.2) is 8.42 Å². The average molecular weight is 361 g/mol. The molecule has 1 heterocycles. The summed E-state index contributed by atoms with van der Waals surface area (Å²) in [6, 6.07) is 7.51. The highest BCUT2D eigenvalue weighted by molar-refractivity contribution is 7.94. The van der Waals surface area contributed by atoms with Gasteiger partial charge in [0.1, 0.15) is 9.96 Å². The molecular formula is C13H13ClN2O4S2. The topological polar surface area (TPSA) is 84.5 Å². The Hall–Kier alpha value is -1.77. The Kier molecular flexibility index (Phi) is 4.94. The maximum absolute atomic E-state index is 12.2. The van der Waals surface area contributed by atoms with E-state index in [9.17, 15) is 13.2 Å². The van der Waals surface area contributed by atoms with E-state index < -0.39 is 10.0 Å². The van der Waals surface area contributed by atoms with E-state index in [-0.39, 0.29) is 10.1 Å². The number of hydrogen-bond donors (Lipinski definition) is 2. The molecule has 0 aliphatic carbocycles. The summed E-state index contributed by atoms with van der Waals surface area (Å²) in [6.07, 6.45) is 0. The highest BCUT2D eigenvalue weighted by atomic mass is 35.5. The Bertz CT molecular complexity index is 802. The number of ether oxygens (including phenoxy) is 1. The Morgan fingerprint density at radius 2 is 2.00 bits per heavy atom. The Balaban J connectivity index is 2.28. The van der Waals surface area contributed by atoms with E-state index in [1.165, 1.54) is 38.3 Å². The first kappa shape index (κ1) is 16.6. The van der Waals surface area contributed by atoms with Gasteiger partial charge < -0.3 is 10.1 Å². The van der Waals surface area contributed by atoms with Crippen LogP contribution in [0.3, 0.4) is 0 Å². The normalized spacial score (nSPS) is 11.0.